The molecule has 4 aromatic rings. The van der Waals surface area contributed by atoms with Gasteiger partial charge in [0.25, 0.3) is 5.91 Å². The molecule has 0 aliphatic rings. The van der Waals surface area contributed by atoms with Crippen molar-refractivity contribution < 1.29 is 13.9 Å². The minimum atomic E-state index is -0.282. The number of rotatable bonds is 6. The molecule has 0 radical (unpaired) electrons. The summed E-state index contributed by atoms with van der Waals surface area (Å²) in [4.78, 5) is 21.4. The number of thiophene rings is 1. The molecule has 0 atom stereocenters. The van der Waals surface area contributed by atoms with Gasteiger partial charge in [-0.15, -0.1) is 11.3 Å². The van der Waals surface area contributed by atoms with Crippen LogP contribution in [0.3, 0.4) is 0 Å². The van der Waals surface area contributed by atoms with Crippen LogP contribution in [0.2, 0.25) is 5.02 Å². The summed E-state index contributed by atoms with van der Waals surface area (Å²) >= 11 is 7.27. The number of hydrogen-bond donors (Lipinski definition) is 1. The van der Waals surface area contributed by atoms with E-state index < -0.39 is 0 Å². The van der Waals surface area contributed by atoms with Crippen LogP contribution in [0.5, 0.6) is 5.75 Å². The zero-order chi connectivity index (χ0) is 19.3. The van der Waals surface area contributed by atoms with E-state index in [2.05, 4.69) is 15.3 Å². The average Bonchev–Trinajstić information content (AvgIpc) is 3.39. The summed E-state index contributed by atoms with van der Waals surface area (Å²) in [7, 11) is 0. The Balaban J connectivity index is 1.40. The lowest BCUT2D eigenvalue weighted by atomic mass is 10.3. The molecule has 1 N–H and O–H groups in total. The van der Waals surface area contributed by atoms with Gasteiger partial charge in [-0.25, -0.2) is 9.97 Å². The molecule has 0 aliphatic heterocycles. The second kappa shape index (κ2) is 8.24. The van der Waals surface area contributed by atoms with E-state index in [1.54, 1.807) is 48.9 Å². The molecule has 0 saturated heterocycles. The van der Waals surface area contributed by atoms with Crippen LogP contribution in [0.1, 0.15) is 15.2 Å². The van der Waals surface area contributed by atoms with E-state index in [1.165, 1.54) is 11.3 Å². The molecule has 0 bridgehead atoms. The lowest BCUT2D eigenvalue weighted by molar-refractivity contribution is 0.102. The first kappa shape index (κ1) is 18.2. The van der Waals surface area contributed by atoms with E-state index in [9.17, 15) is 4.79 Å². The topological polar surface area (TPSA) is 77.3 Å². The Morgan fingerprint density at radius 3 is 2.96 bits per heavy atom. The Morgan fingerprint density at radius 2 is 2.14 bits per heavy atom. The van der Waals surface area contributed by atoms with Crippen molar-refractivity contribution in [2.75, 3.05) is 5.32 Å². The molecule has 1 aromatic carbocycles. The molecule has 0 fully saturated rings. The molecule has 6 nitrogen and oxygen atoms in total. The summed E-state index contributed by atoms with van der Waals surface area (Å²) in [6.07, 6.45) is 3.13. The Labute approximate surface area is 169 Å². The monoisotopic (exact) mass is 411 g/mol. The van der Waals surface area contributed by atoms with Gasteiger partial charge in [0.15, 0.2) is 5.76 Å². The van der Waals surface area contributed by atoms with E-state index in [1.807, 2.05) is 17.5 Å². The molecular weight excluding hydrogens is 398 g/mol. The number of ether oxygens (including phenoxy) is 1. The van der Waals surface area contributed by atoms with Crippen molar-refractivity contribution >= 4 is 34.8 Å². The van der Waals surface area contributed by atoms with Gasteiger partial charge in [0, 0.05) is 16.8 Å². The summed E-state index contributed by atoms with van der Waals surface area (Å²) in [5, 5.41) is 5.19. The summed E-state index contributed by atoms with van der Waals surface area (Å²) in [5.74, 6) is 1.21. The van der Waals surface area contributed by atoms with Gasteiger partial charge in [-0.05, 0) is 47.8 Å². The Bertz CT molecular complexity index is 1100. The molecule has 0 saturated carbocycles. The SMILES string of the molecule is O=C(Nc1nccc(-c2ccco2)n1)c1cc(COc2cccc(Cl)c2)cs1. The molecule has 140 valence electrons. The number of anilines is 1. The smallest absolute Gasteiger partial charge is 0.268 e. The van der Waals surface area contributed by atoms with Crippen molar-refractivity contribution in [3.8, 4) is 17.2 Å². The molecule has 1 amide bonds. The summed E-state index contributed by atoms with van der Waals surface area (Å²) in [6.45, 7) is 0.342. The fraction of sp³-hybridized carbons (Fsp3) is 0.0500. The highest BCUT2D eigenvalue weighted by atomic mass is 35.5. The van der Waals surface area contributed by atoms with Gasteiger partial charge in [0.05, 0.1) is 11.1 Å². The highest BCUT2D eigenvalue weighted by Gasteiger charge is 2.12. The van der Waals surface area contributed by atoms with Crippen LogP contribution in [-0.4, -0.2) is 15.9 Å². The third-order valence-electron chi connectivity index (χ3n) is 3.73. The highest BCUT2D eigenvalue weighted by molar-refractivity contribution is 7.12. The average molecular weight is 412 g/mol. The van der Waals surface area contributed by atoms with Gasteiger partial charge in [0.1, 0.15) is 18.1 Å². The van der Waals surface area contributed by atoms with Crippen molar-refractivity contribution in [3.63, 3.8) is 0 Å². The van der Waals surface area contributed by atoms with E-state index in [4.69, 9.17) is 20.8 Å². The number of aromatic nitrogens is 2. The molecular formula is C20H14ClN3O3S. The maximum atomic E-state index is 12.5. The van der Waals surface area contributed by atoms with Crippen LogP contribution >= 0.6 is 22.9 Å². The van der Waals surface area contributed by atoms with Crippen LogP contribution in [0, 0.1) is 0 Å². The van der Waals surface area contributed by atoms with Crippen molar-refractivity contribution in [3.05, 3.63) is 81.8 Å². The lowest BCUT2D eigenvalue weighted by Crippen LogP contribution is -2.13. The predicted octanol–water partition coefficient (Wildman–Crippen LogP) is 5.28. The summed E-state index contributed by atoms with van der Waals surface area (Å²) in [5.41, 5.74) is 1.48. The molecule has 3 aromatic heterocycles. The number of furan rings is 1. The minimum absolute atomic E-state index is 0.212. The zero-order valence-corrected chi connectivity index (χ0v) is 16.0. The molecule has 0 unspecified atom stereocenters. The number of nitrogens with one attached hydrogen (secondary N) is 1. The van der Waals surface area contributed by atoms with E-state index in [0.717, 1.165) is 5.56 Å². The van der Waals surface area contributed by atoms with Crippen LogP contribution in [0.25, 0.3) is 11.5 Å². The van der Waals surface area contributed by atoms with E-state index >= 15 is 0 Å². The van der Waals surface area contributed by atoms with Crippen molar-refractivity contribution in [1.29, 1.82) is 0 Å². The van der Waals surface area contributed by atoms with Crippen molar-refractivity contribution in [2.24, 2.45) is 0 Å². The number of amides is 1. The summed E-state index contributed by atoms with van der Waals surface area (Å²) in [6, 6.07) is 14.2. The number of hydrogen-bond acceptors (Lipinski definition) is 6. The molecule has 4 rings (SSSR count). The van der Waals surface area contributed by atoms with Crippen molar-refractivity contribution in [1.82, 2.24) is 9.97 Å². The van der Waals surface area contributed by atoms with Crippen LogP contribution in [0.4, 0.5) is 5.95 Å². The molecule has 3 heterocycles. The first-order valence-corrected chi connectivity index (χ1v) is 9.57. The largest absolute Gasteiger partial charge is 0.489 e. The molecule has 28 heavy (non-hydrogen) atoms. The number of benzene rings is 1. The molecule has 8 heteroatoms. The summed E-state index contributed by atoms with van der Waals surface area (Å²) < 4.78 is 11.0. The van der Waals surface area contributed by atoms with Gasteiger partial charge < -0.3 is 9.15 Å². The first-order valence-electron chi connectivity index (χ1n) is 8.31. The van der Waals surface area contributed by atoms with Crippen LogP contribution in [0.15, 0.2) is 70.8 Å². The van der Waals surface area contributed by atoms with Gasteiger partial charge >= 0.3 is 0 Å². The van der Waals surface area contributed by atoms with Crippen LogP contribution < -0.4 is 10.1 Å². The second-order valence-corrected chi connectivity index (χ2v) is 7.11. The van der Waals surface area contributed by atoms with Crippen molar-refractivity contribution in [2.45, 2.75) is 6.61 Å². The first-order chi connectivity index (χ1) is 13.7. The fourth-order valence-electron chi connectivity index (χ4n) is 2.44. The van der Waals surface area contributed by atoms with Gasteiger partial charge in [-0.1, -0.05) is 17.7 Å². The third-order valence-corrected chi connectivity index (χ3v) is 4.95. The Morgan fingerprint density at radius 1 is 1.21 bits per heavy atom. The zero-order valence-electron chi connectivity index (χ0n) is 14.5. The lowest BCUT2D eigenvalue weighted by Gasteiger charge is -2.04. The molecule has 0 aliphatic carbocycles. The number of nitrogens with zero attached hydrogens (tertiary/aromatic N) is 2. The Hall–Kier alpha value is -3.16. The third kappa shape index (κ3) is 4.39. The maximum Gasteiger partial charge on any atom is 0.268 e. The number of carbonyl (C=O) groups is 1. The normalized spacial score (nSPS) is 10.6. The van der Waals surface area contributed by atoms with Gasteiger partial charge in [-0.3, -0.25) is 10.1 Å². The standard InChI is InChI=1S/C20H14ClN3O3S/c21-14-3-1-4-15(10-14)27-11-13-9-18(28-12-13)19(25)24-20-22-7-6-16(23-20)17-5-2-8-26-17/h1-10,12H,11H2,(H,22,23,24,25). The quantitative estimate of drug-likeness (QED) is 0.467. The second-order valence-electron chi connectivity index (χ2n) is 5.76. The Kier molecular flexibility index (Phi) is 5.36. The van der Waals surface area contributed by atoms with E-state index in [-0.39, 0.29) is 11.9 Å². The maximum absolute atomic E-state index is 12.5. The minimum Gasteiger partial charge on any atom is -0.489 e. The fourth-order valence-corrected chi connectivity index (χ4v) is 3.41. The van der Waals surface area contributed by atoms with Gasteiger partial charge in [0.2, 0.25) is 5.95 Å². The van der Waals surface area contributed by atoms with E-state index in [0.29, 0.717) is 33.7 Å². The van der Waals surface area contributed by atoms with Gasteiger partial charge in [-0.2, -0.15) is 0 Å². The number of halogens is 1. The number of carbonyl (C=O) groups excluding carboxylic acids is 1. The predicted molar refractivity (Wildman–Crippen MR) is 108 cm³/mol. The highest BCUT2D eigenvalue weighted by Crippen LogP contribution is 2.22. The molecule has 0 spiro atoms. The van der Waals surface area contributed by atoms with Crippen LogP contribution in [-0.2, 0) is 6.61 Å².